The topological polar surface area (TPSA) is 46.2 Å². The minimum absolute atomic E-state index is 0.0936. The molecule has 0 aliphatic rings. The molecule has 0 aliphatic carbocycles. The fourth-order valence-electron chi connectivity index (χ4n) is 0.717. The van der Waals surface area contributed by atoms with E-state index in [2.05, 4.69) is 10.6 Å². The van der Waals surface area contributed by atoms with Crippen molar-refractivity contribution in [1.82, 2.24) is 4.72 Å². The molecule has 0 unspecified atom stereocenters. The summed E-state index contributed by atoms with van der Waals surface area (Å²) in [7, 11) is -3.13. The summed E-state index contributed by atoms with van der Waals surface area (Å²) in [5, 5.41) is 0. The monoisotopic (exact) mass is 255 g/mol. The Morgan fingerprint density at radius 3 is 2.79 bits per heavy atom. The van der Waals surface area contributed by atoms with Crippen LogP contribution in [0.5, 0.6) is 0 Å². The zero-order valence-electron chi connectivity index (χ0n) is 7.83. The number of hydrogen-bond donors (Lipinski definition) is 1. The lowest BCUT2D eigenvalue weighted by Gasteiger charge is -2.04. The molecule has 0 saturated carbocycles. The minimum Gasteiger partial charge on any atom is -0.214 e. The van der Waals surface area contributed by atoms with Gasteiger partial charge in [-0.1, -0.05) is 5.92 Å². The quantitative estimate of drug-likeness (QED) is 0.398. The van der Waals surface area contributed by atoms with Crippen molar-refractivity contribution in [3.8, 4) is 12.3 Å². The number of terminal acetylenes is 1. The van der Waals surface area contributed by atoms with E-state index in [-0.39, 0.29) is 5.75 Å². The Bertz CT molecular complexity index is 272. The molecule has 0 aliphatic heterocycles. The lowest BCUT2D eigenvalue weighted by Crippen LogP contribution is -2.28. The van der Waals surface area contributed by atoms with Gasteiger partial charge in [-0.25, -0.2) is 13.1 Å². The molecular formula is C8H14ClNO2S2. The number of hydrogen-bond acceptors (Lipinski definition) is 3. The molecule has 0 heterocycles. The number of sulfonamides is 1. The molecule has 0 bridgehead atoms. The second kappa shape index (κ2) is 8.42. The van der Waals surface area contributed by atoms with Crippen LogP contribution in [-0.2, 0) is 10.0 Å². The predicted octanol–water partition coefficient (Wildman–Crippen LogP) is 0.901. The summed E-state index contributed by atoms with van der Waals surface area (Å²) in [6, 6.07) is 0. The number of thioether (sulfide) groups is 1. The summed E-state index contributed by atoms with van der Waals surface area (Å²) >= 11 is 6.92. The standard InChI is InChI=1S/C8H14ClNO2S2/c1-2-6-13-7-5-10-14(11,12)8-3-4-9/h1,10H,3-8H2. The van der Waals surface area contributed by atoms with Crippen molar-refractivity contribution in [2.45, 2.75) is 6.42 Å². The van der Waals surface area contributed by atoms with Crippen LogP contribution < -0.4 is 4.72 Å². The first-order chi connectivity index (χ1) is 6.62. The second-order valence-corrected chi connectivity index (χ2v) is 5.92. The van der Waals surface area contributed by atoms with E-state index < -0.39 is 10.0 Å². The summed E-state index contributed by atoms with van der Waals surface area (Å²) in [6.45, 7) is 0.428. The van der Waals surface area contributed by atoms with Crippen LogP contribution >= 0.6 is 23.4 Å². The van der Waals surface area contributed by atoms with E-state index in [1.165, 1.54) is 11.8 Å². The van der Waals surface area contributed by atoms with Crippen molar-refractivity contribution in [1.29, 1.82) is 0 Å². The maximum absolute atomic E-state index is 11.2. The molecule has 14 heavy (non-hydrogen) atoms. The van der Waals surface area contributed by atoms with Crippen LogP contribution in [0.2, 0.25) is 0 Å². The Hall–Kier alpha value is 0.110. The van der Waals surface area contributed by atoms with Crippen LogP contribution in [0.3, 0.4) is 0 Å². The van der Waals surface area contributed by atoms with Gasteiger partial charge >= 0.3 is 0 Å². The summed E-state index contributed by atoms with van der Waals surface area (Å²) in [5.74, 6) is 4.24. The third-order valence-corrected chi connectivity index (χ3v) is 3.90. The fourth-order valence-corrected chi connectivity index (χ4v) is 2.73. The molecule has 0 radical (unpaired) electrons. The van der Waals surface area contributed by atoms with Crippen LogP contribution in [0.4, 0.5) is 0 Å². The highest BCUT2D eigenvalue weighted by atomic mass is 35.5. The van der Waals surface area contributed by atoms with Gasteiger partial charge in [-0.2, -0.15) is 0 Å². The highest BCUT2D eigenvalue weighted by Gasteiger charge is 2.07. The molecule has 0 fully saturated rings. The Balaban J connectivity index is 3.52. The first-order valence-electron chi connectivity index (χ1n) is 4.17. The fraction of sp³-hybridized carbons (Fsp3) is 0.750. The molecule has 0 aromatic rings. The zero-order chi connectivity index (χ0) is 10.9. The molecule has 0 atom stereocenters. The lowest BCUT2D eigenvalue weighted by molar-refractivity contribution is 0.583. The van der Waals surface area contributed by atoms with Crippen LogP contribution in [0.25, 0.3) is 0 Å². The first-order valence-corrected chi connectivity index (χ1v) is 7.51. The normalized spacial score (nSPS) is 11.1. The average molecular weight is 256 g/mol. The molecule has 0 saturated heterocycles. The molecule has 0 aromatic carbocycles. The van der Waals surface area contributed by atoms with Gasteiger partial charge in [0.1, 0.15) is 0 Å². The third kappa shape index (κ3) is 8.70. The highest BCUT2D eigenvalue weighted by molar-refractivity contribution is 7.99. The Kier molecular flexibility index (Phi) is 8.49. The van der Waals surface area contributed by atoms with E-state index in [9.17, 15) is 8.42 Å². The average Bonchev–Trinajstić information content (AvgIpc) is 2.15. The Labute approximate surface area is 95.0 Å². The summed E-state index contributed by atoms with van der Waals surface area (Å²) in [4.78, 5) is 0. The van der Waals surface area contributed by atoms with Crippen molar-refractivity contribution in [3.05, 3.63) is 0 Å². The summed E-state index contributed by atoms with van der Waals surface area (Å²) in [6.07, 6.45) is 5.52. The molecule has 0 amide bonds. The van der Waals surface area contributed by atoms with Gasteiger partial charge < -0.3 is 0 Å². The van der Waals surface area contributed by atoms with Crippen molar-refractivity contribution in [3.63, 3.8) is 0 Å². The minimum atomic E-state index is -3.13. The van der Waals surface area contributed by atoms with Crippen LogP contribution in [-0.4, -0.2) is 38.1 Å². The van der Waals surface area contributed by atoms with Crippen molar-refractivity contribution >= 4 is 33.4 Å². The van der Waals surface area contributed by atoms with Crippen molar-refractivity contribution in [2.75, 3.05) is 29.7 Å². The van der Waals surface area contributed by atoms with Gasteiger partial charge in [0.15, 0.2) is 0 Å². The third-order valence-electron chi connectivity index (χ3n) is 1.30. The van der Waals surface area contributed by atoms with Gasteiger partial charge in [-0.3, -0.25) is 0 Å². The van der Waals surface area contributed by atoms with E-state index >= 15 is 0 Å². The SMILES string of the molecule is C#CCSCCNS(=O)(=O)CCCCl. The largest absolute Gasteiger partial charge is 0.214 e. The number of nitrogens with one attached hydrogen (secondary N) is 1. The summed E-state index contributed by atoms with van der Waals surface area (Å²) < 4.78 is 24.9. The van der Waals surface area contributed by atoms with Crippen molar-refractivity contribution < 1.29 is 8.42 Å². The zero-order valence-corrected chi connectivity index (χ0v) is 10.2. The predicted molar refractivity (Wildman–Crippen MR) is 63.3 cm³/mol. The maximum Gasteiger partial charge on any atom is 0.211 e. The molecule has 3 nitrogen and oxygen atoms in total. The molecule has 0 rings (SSSR count). The number of halogens is 1. The van der Waals surface area contributed by atoms with Gasteiger partial charge in [0.05, 0.1) is 11.5 Å². The van der Waals surface area contributed by atoms with E-state index in [1.54, 1.807) is 0 Å². The van der Waals surface area contributed by atoms with Crippen LogP contribution in [0.1, 0.15) is 6.42 Å². The van der Waals surface area contributed by atoms with Gasteiger partial charge in [0.2, 0.25) is 10.0 Å². The maximum atomic E-state index is 11.2. The first kappa shape index (κ1) is 14.1. The van der Waals surface area contributed by atoms with Gasteiger partial charge in [0, 0.05) is 18.2 Å². The second-order valence-electron chi connectivity index (χ2n) is 2.51. The van der Waals surface area contributed by atoms with E-state index in [1.807, 2.05) is 0 Å². The van der Waals surface area contributed by atoms with E-state index in [4.69, 9.17) is 18.0 Å². The Morgan fingerprint density at radius 2 is 2.21 bits per heavy atom. The number of alkyl halides is 1. The molecule has 1 N–H and O–H groups in total. The molecule has 0 spiro atoms. The van der Waals surface area contributed by atoms with Crippen LogP contribution in [0, 0.1) is 12.3 Å². The molecule has 6 heteroatoms. The van der Waals surface area contributed by atoms with Gasteiger partial charge in [0.25, 0.3) is 0 Å². The van der Waals surface area contributed by atoms with Gasteiger partial charge in [-0.15, -0.1) is 29.8 Å². The lowest BCUT2D eigenvalue weighted by atomic mass is 10.6. The molecular weight excluding hydrogens is 242 g/mol. The van der Waals surface area contributed by atoms with E-state index in [0.717, 1.165) is 0 Å². The highest BCUT2D eigenvalue weighted by Crippen LogP contribution is 1.97. The van der Waals surface area contributed by atoms with Gasteiger partial charge in [-0.05, 0) is 6.42 Å². The molecule has 82 valence electrons. The van der Waals surface area contributed by atoms with E-state index in [0.29, 0.717) is 30.4 Å². The smallest absolute Gasteiger partial charge is 0.211 e. The van der Waals surface area contributed by atoms with Crippen LogP contribution in [0.15, 0.2) is 0 Å². The molecule has 0 aromatic heterocycles. The number of rotatable bonds is 8. The summed E-state index contributed by atoms with van der Waals surface area (Å²) in [5.41, 5.74) is 0. The van der Waals surface area contributed by atoms with Crippen molar-refractivity contribution in [2.24, 2.45) is 0 Å². The Morgan fingerprint density at radius 1 is 1.50 bits per heavy atom.